The van der Waals surface area contributed by atoms with E-state index in [1.165, 1.54) is 20.3 Å². The summed E-state index contributed by atoms with van der Waals surface area (Å²) in [5.41, 5.74) is 0.816. The summed E-state index contributed by atoms with van der Waals surface area (Å²) in [4.78, 5) is 0.106. The van der Waals surface area contributed by atoms with E-state index in [-0.39, 0.29) is 11.5 Å². The maximum Gasteiger partial charge on any atom is 0.179 e. The second-order valence-corrected chi connectivity index (χ2v) is 5.90. The number of rotatable bonds is 6. The van der Waals surface area contributed by atoms with Gasteiger partial charge < -0.3 is 14.6 Å². The van der Waals surface area contributed by atoms with Crippen LogP contribution >= 0.6 is 0 Å². The second kappa shape index (κ2) is 6.06. The first-order valence-electron chi connectivity index (χ1n) is 5.49. The summed E-state index contributed by atoms with van der Waals surface area (Å²) >= 11 is 0. The largest absolute Gasteiger partial charge is 0.496 e. The van der Waals surface area contributed by atoms with Crippen molar-refractivity contribution in [2.24, 2.45) is 0 Å². The van der Waals surface area contributed by atoms with Crippen molar-refractivity contribution in [2.75, 3.05) is 27.1 Å². The number of hydrogen-bond donors (Lipinski definition) is 1. The van der Waals surface area contributed by atoms with Crippen LogP contribution in [0.15, 0.2) is 17.0 Å². The first-order chi connectivity index (χ1) is 8.43. The van der Waals surface area contributed by atoms with Gasteiger partial charge in [0, 0.05) is 18.9 Å². The van der Waals surface area contributed by atoms with E-state index >= 15 is 0 Å². The van der Waals surface area contributed by atoms with Crippen LogP contribution in [-0.2, 0) is 16.3 Å². The molecule has 0 unspecified atom stereocenters. The standard InChI is InChI=1S/C12H18O5S/c1-16-10-8-12(18(3,14)15)11(17-2)7-9(10)5-4-6-13/h7-8,13H,4-6H2,1-3H3. The normalized spacial score (nSPS) is 11.3. The van der Waals surface area contributed by atoms with E-state index in [9.17, 15) is 8.42 Å². The topological polar surface area (TPSA) is 72.8 Å². The summed E-state index contributed by atoms with van der Waals surface area (Å²) in [6.07, 6.45) is 2.30. The molecule has 5 nitrogen and oxygen atoms in total. The van der Waals surface area contributed by atoms with E-state index in [1.54, 1.807) is 6.07 Å². The number of methoxy groups -OCH3 is 2. The summed E-state index contributed by atoms with van der Waals surface area (Å²) in [5.74, 6) is 0.788. The van der Waals surface area contributed by atoms with Crippen molar-refractivity contribution in [3.05, 3.63) is 17.7 Å². The first kappa shape index (κ1) is 14.8. The van der Waals surface area contributed by atoms with Gasteiger partial charge in [-0.3, -0.25) is 0 Å². The molecule has 1 N–H and O–H groups in total. The molecule has 102 valence electrons. The molecule has 0 spiro atoms. The molecule has 1 aromatic carbocycles. The van der Waals surface area contributed by atoms with Crippen molar-refractivity contribution in [1.29, 1.82) is 0 Å². The van der Waals surface area contributed by atoms with Crippen LogP contribution in [0.4, 0.5) is 0 Å². The van der Waals surface area contributed by atoms with E-state index in [0.717, 1.165) is 11.8 Å². The predicted molar refractivity (Wildman–Crippen MR) is 68.1 cm³/mol. The second-order valence-electron chi connectivity index (χ2n) is 3.91. The zero-order valence-electron chi connectivity index (χ0n) is 10.8. The molecule has 0 aliphatic heterocycles. The van der Waals surface area contributed by atoms with Gasteiger partial charge in [-0.05, 0) is 24.5 Å². The van der Waals surface area contributed by atoms with Crippen LogP contribution in [0.25, 0.3) is 0 Å². The Bertz CT molecular complexity index is 507. The third-order valence-corrected chi connectivity index (χ3v) is 3.69. The third-order valence-electron chi connectivity index (χ3n) is 2.57. The Morgan fingerprint density at radius 1 is 1.17 bits per heavy atom. The number of aryl methyl sites for hydroxylation is 1. The fraction of sp³-hybridized carbons (Fsp3) is 0.500. The molecular weight excluding hydrogens is 256 g/mol. The highest BCUT2D eigenvalue weighted by Crippen LogP contribution is 2.32. The third kappa shape index (κ3) is 3.36. The van der Waals surface area contributed by atoms with Crippen molar-refractivity contribution in [1.82, 2.24) is 0 Å². The summed E-state index contributed by atoms with van der Waals surface area (Å²) in [5, 5.41) is 8.83. The molecule has 0 aromatic heterocycles. The molecule has 0 radical (unpaired) electrons. The molecule has 0 fully saturated rings. The number of aliphatic hydroxyl groups is 1. The highest BCUT2D eigenvalue weighted by Gasteiger charge is 2.18. The molecule has 6 heteroatoms. The minimum Gasteiger partial charge on any atom is -0.496 e. The van der Waals surface area contributed by atoms with Crippen molar-refractivity contribution >= 4 is 9.84 Å². The lowest BCUT2D eigenvalue weighted by atomic mass is 10.1. The lowest BCUT2D eigenvalue weighted by Gasteiger charge is -2.13. The molecular formula is C12H18O5S. The van der Waals surface area contributed by atoms with Crippen LogP contribution in [-0.4, -0.2) is 40.6 Å². The van der Waals surface area contributed by atoms with Gasteiger partial charge in [-0.25, -0.2) is 8.42 Å². The molecule has 0 saturated heterocycles. The van der Waals surface area contributed by atoms with Gasteiger partial charge in [0.2, 0.25) is 0 Å². The van der Waals surface area contributed by atoms with E-state index in [2.05, 4.69) is 0 Å². The summed E-state index contributed by atoms with van der Waals surface area (Å²) in [6.45, 7) is 0.0687. The average molecular weight is 274 g/mol. The quantitative estimate of drug-likeness (QED) is 0.839. The van der Waals surface area contributed by atoms with Crippen LogP contribution < -0.4 is 9.47 Å². The van der Waals surface area contributed by atoms with Crippen molar-refractivity contribution in [2.45, 2.75) is 17.7 Å². The zero-order valence-corrected chi connectivity index (χ0v) is 11.6. The Morgan fingerprint density at radius 2 is 1.78 bits per heavy atom. The summed E-state index contributed by atoms with van der Waals surface area (Å²) in [7, 11) is -0.464. The number of hydrogen-bond acceptors (Lipinski definition) is 5. The highest BCUT2D eigenvalue weighted by molar-refractivity contribution is 7.90. The molecule has 0 atom stereocenters. The summed E-state index contributed by atoms with van der Waals surface area (Å²) < 4.78 is 33.5. The SMILES string of the molecule is COc1cc(S(C)(=O)=O)c(OC)cc1CCCO. The molecule has 0 saturated carbocycles. The van der Waals surface area contributed by atoms with Crippen molar-refractivity contribution in [3.63, 3.8) is 0 Å². The van der Waals surface area contributed by atoms with Crippen molar-refractivity contribution < 1.29 is 23.0 Å². The van der Waals surface area contributed by atoms with Gasteiger partial charge in [-0.15, -0.1) is 0 Å². The first-order valence-corrected chi connectivity index (χ1v) is 7.39. The Kier molecular flexibility index (Phi) is 4.98. The van der Waals surface area contributed by atoms with Gasteiger partial charge in [-0.1, -0.05) is 0 Å². The summed E-state index contributed by atoms with van der Waals surface area (Å²) in [6, 6.07) is 3.10. The average Bonchev–Trinajstić information content (AvgIpc) is 2.33. The van der Waals surface area contributed by atoms with Crippen LogP contribution in [0.3, 0.4) is 0 Å². The Hall–Kier alpha value is -1.27. The molecule has 0 amide bonds. The lowest BCUT2D eigenvalue weighted by molar-refractivity contribution is 0.287. The minimum absolute atomic E-state index is 0.0687. The van der Waals surface area contributed by atoms with Crippen molar-refractivity contribution in [3.8, 4) is 11.5 Å². The van der Waals surface area contributed by atoms with Gasteiger partial charge in [0.15, 0.2) is 9.84 Å². The monoisotopic (exact) mass is 274 g/mol. The molecule has 0 aliphatic carbocycles. The van der Waals surface area contributed by atoms with Gasteiger partial charge in [0.1, 0.15) is 16.4 Å². The van der Waals surface area contributed by atoms with Crippen LogP contribution in [0.1, 0.15) is 12.0 Å². The number of sulfone groups is 1. The minimum atomic E-state index is -3.37. The van der Waals surface area contributed by atoms with E-state index in [1.807, 2.05) is 0 Å². The number of benzene rings is 1. The van der Waals surface area contributed by atoms with Gasteiger partial charge >= 0.3 is 0 Å². The smallest absolute Gasteiger partial charge is 0.179 e. The number of aliphatic hydroxyl groups excluding tert-OH is 1. The van der Waals surface area contributed by atoms with Crippen LogP contribution in [0.5, 0.6) is 11.5 Å². The van der Waals surface area contributed by atoms with E-state index in [0.29, 0.717) is 24.3 Å². The maximum absolute atomic E-state index is 11.6. The van der Waals surface area contributed by atoms with Crippen LogP contribution in [0, 0.1) is 0 Å². The highest BCUT2D eigenvalue weighted by atomic mass is 32.2. The predicted octanol–water partition coefficient (Wildman–Crippen LogP) is 1.03. The molecule has 1 rings (SSSR count). The van der Waals surface area contributed by atoms with Gasteiger partial charge in [-0.2, -0.15) is 0 Å². The zero-order chi connectivity index (χ0) is 13.8. The fourth-order valence-electron chi connectivity index (χ4n) is 1.69. The Balaban J connectivity index is 3.32. The Labute approximate surface area is 107 Å². The Morgan fingerprint density at radius 3 is 2.22 bits per heavy atom. The molecule has 0 heterocycles. The molecule has 1 aromatic rings. The fourth-order valence-corrected chi connectivity index (χ4v) is 2.52. The van der Waals surface area contributed by atoms with E-state index < -0.39 is 9.84 Å². The molecule has 0 aliphatic rings. The van der Waals surface area contributed by atoms with Gasteiger partial charge in [0.25, 0.3) is 0 Å². The van der Waals surface area contributed by atoms with Crippen LogP contribution in [0.2, 0.25) is 0 Å². The molecule has 18 heavy (non-hydrogen) atoms. The maximum atomic E-state index is 11.6. The van der Waals surface area contributed by atoms with Gasteiger partial charge in [0.05, 0.1) is 14.2 Å². The number of ether oxygens (including phenoxy) is 2. The lowest BCUT2D eigenvalue weighted by Crippen LogP contribution is -2.04. The molecule has 0 bridgehead atoms. The van der Waals surface area contributed by atoms with E-state index in [4.69, 9.17) is 14.6 Å².